The maximum absolute atomic E-state index is 11.2. The van der Waals surface area contributed by atoms with Crippen LogP contribution in [0.15, 0.2) is 24.0 Å². The second kappa shape index (κ2) is 3.89. The molecule has 1 heterocycles. The number of allylic oxidation sites excluding steroid dienone is 1. The van der Waals surface area contributed by atoms with Crippen molar-refractivity contribution in [2.75, 3.05) is 0 Å². The Balaban J connectivity index is 2.65. The first-order chi connectivity index (χ1) is 6.13. The molecular formula is C9H12N2O2. The van der Waals surface area contributed by atoms with Gasteiger partial charge in [0.25, 0.3) is 0 Å². The van der Waals surface area contributed by atoms with E-state index in [1.807, 2.05) is 0 Å². The molecule has 1 rings (SSSR count). The summed E-state index contributed by atoms with van der Waals surface area (Å²) >= 11 is 0. The number of ether oxygens (including phenoxy) is 1. The van der Waals surface area contributed by atoms with E-state index in [0.717, 1.165) is 0 Å². The van der Waals surface area contributed by atoms with Gasteiger partial charge in [-0.25, -0.2) is 4.79 Å². The number of nitrogens with zero attached hydrogens (tertiary/aromatic N) is 2. The van der Waals surface area contributed by atoms with Gasteiger partial charge in [-0.1, -0.05) is 6.08 Å². The van der Waals surface area contributed by atoms with Crippen molar-refractivity contribution >= 4 is 5.97 Å². The lowest BCUT2D eigenvalue weighted by Crippen LogP contribution is -2.08. The van der Waals surface area contributed by atoms with Gasteiger partial charge in [0.15, 0.2) is 5.75 Å². The van der Waals surface area contributed by atoms with Gasteiger partial charge in [0.2, 0.25) is 0 Å². The Morgan fingerprint density at radius 1 is 1.69 bits per heavy atom. The minimum atomic E-state index is -0.337. The van der Waals surface area contributed by atoms with Gasteiger partial charge in [0.05, 0.1) is 12.4 Å². The molecule has 0 N–H and O–H groups in total. The zero-order valence-corrected chi connectivity index (χ0v) is 7.94. The summed E-state index contributed by atoms with van der Waals surface area (Å²) in [7, 11) is 1.76. The van der Waals surface area contributed by atoms with E-state index in [1.165, 1.54) is 6.20 Å². The van der Waals surface area contributed by atoms with Crippen molar-refractivity contribution in [1.29, 1.82) is 0 Å². The number of carbonyl (C=O) groups is 1. The highest BCUT2D eigenvalue weighted by atomic mass is 16.5. The standard InChI is InChI=1S/C9H12N2O2/c1-4-7(2)9(12)13-8-5-10-11(3)6-8/h4-6H,1-3H3/b7-4-. The molecule has 4 heteroatoms. The number of hydrogen-bond acceptors (Lipinski definition) is 3. The minimum absolute atomic E-state index is 0.337. The second-order valence-electron chi connectivity index (χ2n) is 2.71. The van der Waals surface area contributed by atoms with Crippen molar-refractivity contribution in [2.45, 2.75) is 13.8 Å². The lowest BCUT2D eigenvalue weighted by Gasteiger charge is -1.99. The van der Waals surface area contributed by atoms with Crippen molar-refractivity contribution in [3.05, 3.63) is 24.0 Å². The Bertz CT molecular complexity index is 339. The molecule has 13 heavy (non-hydrogen) atoms. The summed E-state index contributed by atoms with van der Waals surface area (Å²) in [6.07, 6.45) is 4.85. The lowest BCUT2D eigenvalue weighted by molar-refractivity contribution is -0.130. The minimum Gasteiger partial charge on any atom is -0.420 e. The van der Waals surface area contributed by atoms with Crippen molar-refractivity contribution in [2.24, 2.45) is 7.05 Å². The zero-order valence-electron chi connectivity index (χ0n) is 7.94. The van der Waals surface area contributed by atoms with Gasteiger partial charge in [0.1, 0.15) is 0 Å². The topological polar surface area (TPSA) is 44.1 Å². The number of aromatic nitrogens is 2. The first-order valence-electron chi connectivity index (χ1n) is 3.97. The van der Waals surface area contributed by atoms with Crippen LogP contribution in [0.1, 0.15) is 13.8 Å². The van der Waals surface area contributed by atoms with Gasteiger partial charge in [-0.15, -0.1) is 0 Å². The van der Waals surface area contributed by atoms with Crippen LogP contribution in [0.2, 0.25) is 0 Å². The van der Waals surface area contributed by atoms with Crippen molar-refractivity contribution in [1.82, 2.24) is 9.78 Å². The Kier molecular flexibility index (Phi) is 2.84. The fourth-order valence-corrected chi connectivity index (χ4v) is 0.757. The van der Waals surface area contributed by atoms with E-state index >= 15 is 0 Å². The van der Waals surface area contributed by atoms with Gasteiger partial charge in [-0.05, 0) is 13.8 Å². The number of carbonyl (C=O) groups excluding carboxylic acids is 1. The van der Waals surface area contributed by atoms with Crippen LogP contribution >= 0.6 is 0 Å². The quantitative estimate of drug-likeness (QED) is 0.509. The van der Waals surface area contributed by atoms with Crippen LogP contribution in [-0.4, -0.2) is 15.7 Å². The molecule has 1 aromatic heterocycles. The molecule has 0 aliphatic heterocycles. The first-order valence-corrected chi connectivity index (χ1v) is 3.97. The maximum Gasteiger partial charge on any atom is 0.338 e. The van der Waals surface area contributed by atoms with Crippen molar-refractivity contribution in [3.8, 4) is 5.75 Å². The molecule has 0 radical (unpaired) electrons. The summed E-state index contributed by atoms with van der Waals surface area (Å²) in [5.41, 5.74) is 0.587. The van der Waals surface area contributed by atoms with Gasteiger partial charge in [0, 0.05) is 12.6 Å². The highest BCUT2D eigenvalue weighted by Gasteiger charge is 2.06. The van der Waals surface area contributed by atoms with Crippen LogP contribution in [0.5, 0.6) is 5.75 Å². The SMILES string of the molecule is C/C=C(/C)C(=O)Oc1cnn(C)c1. The molecular weight excluding hydrogens is 168 g/mol. The van der Waals surface area contributed by atoms with Crippen LogP contribution in [-0.2, 0) is 11.8 Å². The Morgan fingerprint density at radius 3 is 2.85 bits per heavy atom. The Labute approximate surface area is 76.8 Å². The van der Waals surface area contributed by atoms with Crippen molar-refractivity contribution < 1.29 is 9.53 Å². The molecule has 70 valence electrons. The summed E-state index contributed by atoms with van der Waals surface area (Å²) in [6.45, 7) is 3.50. The summed E-state index contributed by atoms with van der Waals surface area (Å²) < 4.78 is 6.57. The van der Waals surface area contributed by atoms with E-state index in [9.17, 15) is 4.79 Å². The number of esters is 1. The molecule has 4 nitrogen and oxygen atoms in total. The molecule has 0 saturated heterocycles. The van der Waals surface area contributed by atoms with E-state index < -0.39 is 0 Å². The average molecular weight is 180 g/mol. The monoisotopic (exact) mass is 180 g/mol. The summed E-state index contributed by atoms with van der Waals surface area (Å²) in [5, 5.41) is 3.87. The van der Waals surface area contributed by atoms with Crippen LogP contribution in [0.25, 0.3) is 0 Å². The van der Waals surface area contributed by atoms with Crippen LogP contribution in [0.3, 0.4) is 0 Å². The summed E-state index contributed by atoms with van der Waals surface area (Å²) in [5.74, 6) is 0.129. The predicted octanol–water partition coefficient (Wildman–Crippen LogP) is 1.29. The van der Waals surface area contributed by atoms with Gasteiger partial charge in [-0.3, -0.25) is 4.68 Å². The molecule has 0 spiro atoms. The predicted molar refractivity (Wildman–Crippen MR) is 48.3 cm³/mol. The van der Waals surface area contributed by atoms with Crippen LogP contribution < -0.4 is 4.74 Å². The third-order valence-corrected chi connectivity index (χ3v) is 1.65. The maximum atomic E-state index is 11.2. The molecule has 0 saturated carbocycles. The van der Waals surface area contributed by atoms with Crippen LogP contribution in [0.4, 0.5) is 0 Å². The highest BCUT2D eigenvalue weighted by molar-refractivity contribution is 5.89. The largest absolute Gasteiger partial charge is 0.420 e. The fraction of sp³-hybridized carbons (Fsp3) is 0.333. The molecule has 0 atom stereocenters. The van der Waals surface area contributed by atoms with E-state index in [0.29, 0.717) is 11.3 Å². The number of rotatable bonds is 2. The molecule has 1 aromatic rings. The second-order valence-corrected chi connectivity index (χ2v) is 2.71. The van der Waals surface area contributed by atoms with E-state index in [2.05, 4.69) is 5.10 Å². The molecule has 0 aliphatic carbocycles. The molecule has 0 aromatic carbocycles. The molecule has 0 aliphatic rings. The molecule has 0 amide bonds. The molecule has 0 bridgehead atoms. The zero-order chi connectivity index (χ0) is 9.84. The Hall–Kier alpha value is -1.58. The fourth-order valence-electron chi connectivity index (χ4n) is 0.757. The van der Waals surface area contributed by atoms with E-state index in [4.69, 9.17) is 4.74 Å². The van der Waals surface area contributed by atoms with Gasteiger partial charge < -0.3 is 4.74 Å². The first kappa shape index (κ1) is 9.51. The van der Waals surface area contributed by atoms with Crippen molar-refractivity contribution in [3.63, 3.8) is 0 Å². The van der Waals surface area contributed by atoms with Crippen LogP contribution in [0, 0.1) is 0 Å². The number of hydrogen-bond donors (Lipinski definition) is 0. The highest BCUT2D eigenvalue weighted by Crippen LogP contribution is 2.09. The molecule has 0 unspecified atom stereocenters. The number of aryl methyl sites for hydroxylation is 1. The summed E-state index contributed by atoms with van der Waals surface area (Å²) in [4.78, 5) is 11.2. The lowest BCUT2D eigenvalue weighted by atomic mass is 10.3. The third-order valence-electron chi connectivity index (χ3n) is 1.65. The normalized spacial score (nSPS) is 11.5. The average Bonchev–Trinajstić information content (AvgIpc) is 2.49. The van der Waals surface area contributed by atoms with Gasteiger partial charge >= 0.3 is 5.97 Å². The summed E-state index contributed by atoms with van der Waals surface area (Å²) in [6, 6.07) is 0. The molecule has 0 fully saturated rings. The Morgan fingerprint density at radius 2 is 2.38 bits per heavy atom. The van der Waals surface area contributed by atoms with E-state index in [-0.39, 0.29) is 5.97 Å². The smallest absolute Gasteiger partial charge is 0.338 e. The third kappa shape index (κ3) is 2.43. The van der Waals surface area contributed by atoms with E-state index in [1.54, 1.807) is 37.8 Å². The van der Waals surface area contributed by atoms with Gasteiger partial charge in [-0.2, -0.15) is 5.10 Å².